The molecule has 96 valence electrons. The predicted molar refractivity (Wildman–Crippen MR) is 93.1 cm³/mol. The van der Waals surface area contributed by atoms with Crippen LogP contribution in [0.25, 0.3) is 10.8 Å². The van der Waals surface area contributed by atoms with Crippen LogP contribution in [0.15, 0.2) is 46.2 Å². The van der Waals surface area contributed by atoms with E-state index in [1.54, 1.807) is 0 Å². The summed E-state index contributed by atoms with van der Waals surface area (Å²) in [5.74, 6) is 3.93. The zero-order valence-electron chi connectivity index (χ0n) is 10.0. The third kappa shape index (κ3) is 3.56. The summed E-state index contributed by atoms with van der Waals surface area (Å²) in [4.78, 5) is 2.71. The second-order valence-electron chi connectivity index (χ2n) is 3.75. The van der Waals surface area contributed by atoms with Gasteiger partial charge < -0.3 is 0 Å². The first kappa shape index (κ1) is 14.5. The van der Waals surface area contributed by atoms with Gasteiger partial charge in [0.15, 0.2) is 0 Å². The zero-order valence-corrected chi connectivity index (χ0v) is 13.4. The fraction of sp³-hybridized carbons (Fsp3) is 0.286. The Bertz CT molecular complexity index is 464. The van der Waals surface area contributed by atoms with E-state index in [9.17, 15) is 0 Å². The molecule has 0 saturated heterocycles. The lowest BCUT2D eigenvalue weighted by atomic mass is 10.1. The first-order chi connectivity index (χ1) is 8.86. The largest absolute Gasteiger partial charge is 0.178 e. The third-order valence-corrected chi connectivity index (χ3v) is 5.74. The van der Waals surface area contributed by atoms with Crippen LogP contribution in [0.4, 0.5) is 0 Å². The van der Waals surface area contributed by atoms with Gasteiger partial charge in [0.25, 0.3) is 0 Å². The van der Waals surface area contributed by atoms with Gasteiger partial charge in [0.05, 0.1) is 0 Å². The highest BCUT2D eigenvalue weighted by atomic mass is 32.2. The molecule has 0 aliphatic heterocycles. The summed E-state index contributed by atoms with van der Waals surface area (Å²) < 4.78 is 0. The van der Waals surface area contributed by atoms with Crippen LogP contribution in [-0.2, 0) is 0 Å². The van der Waals surface area contributed by atoms with E-state index in [-0.39, 0.29) is 0 Å². The van der Waals surface area contributed by atoms with Crippen LogP contribution in [0.3, 0.4) is 0 Å². The molecular weight excluding hydrogens is 296 g/mol. The second kappa shape index (κ2) is 7.63. The highest BCUT2D eigenvalue weighted by Crippen LogP contribution is 2.34. The Balaban J connectivity index is 2.38. The third-order valence-electron chi connectivity index (χ3n) is 2.54. The SMILES string of the molecule is SCCSc1ccc(SCCS)c2ccccc12. The van der Waals surface area contributed by atoms with Crippen LogP contribution < -0.4 is 0 Å². The summed E-state index contributed by atoms with van der Waals surface area (Å²) in [6.45, 7) is 0. The minimum atomic E-state index is 0.912. The van der Waals surface area contributed by atoms with E-state index < -0.39 is 0 Å². The Morgan fingerprint density at radius 1 is 0.722 bits per heavy atom. The summed E-state index contributed by atoms with van der Waals surface area (Å²) in [5.41, 5.74) is 0. The molecule has 0 heterocycles. The van der Waals surface area contributed by atoms with Gasteiger partial charge in [-0.3, -0.25) is 0 Å². The maximum Gasteiger partial charge on any atom is 0.0152 e. The van der Waals surface area contributed by atoms with Crippen LogP contribution >= 0.6 is 48.8 Å². The summed E-state index contributed by atoms with van der Waals surface area (Å²) in [5, 5.41) is 2.71. The molecule has 0 atom stereocenters. The summed E-state index contributed by atoms with van der Waals surface area (Å²) in [7, 11) is 0. The van der Waals surface area contributed by atoms with Gasteiger partial charge in [-0.1, -0.05) is 24.3 Å². The maximum atomic E-state index is 4.28. The van der Waals surface area contributed by atoms with Gasteiger partial charge >= 0.3 is 0 Å². The van der Waals surface area contributed by atoms with Crippen LogP contribution in [0.5, 0.6) is 0 Å². The van der Waals surface area contributed by atoms with Crippen molar-refractivity contribution in [1.82, 2.24) is 0 Å². The smallest absolute Gasteiger partial charge is 0.0152 e. The van der Waals surface area contributed by atoms with Gasteiger partial charge in [-0.15, -0.1) is 23.5 Å². The molecule has 0 aliphatic rings. The van der Waals surface area contributed by atoms with Crippen molar-refractivity contribution in [3.8, 4) is 0 Å². The lowest BCUT2D eigenvalue weighted by molar-refractivity contribution is 1.42. The number of hydrogen-bond donors (Lipinski definition) is 2. The van der Waals surface area contributed by atoms with E-state index in [1.807, 2.05) is 23.5 Å². The number of thioether (sulfide) groups is 2. The van der Waals surface area contributed by atoms with Crippen LogP contribution in [0.2, 0.25) is 0 Å². The molecule has 0 saturated carbocycles. The molecule has 0 nitrogen and oxygen atoms in total. The van der Waals surface area contributed by atoms with Gasteiger partial charge in [0.1, 0.15) is 0 Å². The molecule has 18 heavy (non-hydrogen) atoms. The van der Waals surface area contributed by atoms with Crippen LogP contribution in [0.1, 0.15) is 0 Å². The van der Waals surface area contributed by atoms with Crippen molar-refractivity contribution in [2.75, 3.05) is 23.0 Å². The molecule has 0 unspecified atom stereocenters. The molecule has 0 radical (unpaired) electrons. The lowest BCUT2D eigenvalue weighted by Gasteiger charge is -2.10. The van der Waals surface area contributed by atoms with Gasteiger partial charge in [-0.05, 0) is 34.4 Å². The average molecular weight is 313 g/mol. The zero-order chi connectivity index (χ0) is 12.8. The van der Waals surface area contributed by atoms with Gasteiger partial charge in [0.2, 0.25) is 0 Å². The highest BCUT2D eigenvalue weighted by molar-refractivity contribution is 8.00. The standard InChI is InChI=1S/C14H16S4/c15-7-9-17-13-5-6-14(18-10-8-16)12-4-2-1-3-11(12)13/h1-6,15-16H,7-10H2. The van der Waals surface area contributed by atoms with Crippen molar-refractivity contribution in [1.29, 1.82) is 0 Å². The molecule has 0 aliphatic carbocycles. The molecule has 2 rings (SSSR count). The summed E-state index contributed by atoms with van der Waals surface area (Å²) >= 11 is 12.3. The van der Waals surface area contributed by atoms with Crippen molar-refractivity contribution in [2.45, 2.75) is 9.79 Å². The number of fused-ring (bicyclic) bond motifs is 1. The monoisotopic (exact) mass is 312 g/mol. The number of rotatable bonds is 6. The molecular formula is C14H16S4. The Hall–Kier alpha value is 0.1000. The average Bonchev–Trinajstić information content (AvgIpc) is 2.43. The topological polar surface area (TPSA) is 0 Å². The van der Waals surface area contributed by atoms with Crippen molar-refractivity contribution in [2.24, 2.45) is 0 Å². The molecule has 0 aromatic heterocycles. The lowest BCUT2D eigenvalue weighted by Crippen LogP contribution is -1.86. The first-order valence-electron chi connectivity index (χ1n) is 5.86. The fourth-order valence-electron chi connectivity index (χ4n) is 1.81. The van der Waals surface area contributed by atoms with Crippen LogP contribution in [0, 0.1) is 0 Å². The second-order valence-corrected chi connectivity index (χ2v) is 6.92. The Morgan fingerprint density at radius 2 is 1.17 bits per heavy atom. The fourth-order valence-corrected chi connectivity index (χ4v) is 3.97. The Kier molecular flexibility index (Phi) is 6.15. The number of hydrogen-bond acceptors (Lipinski definition) is 4. The van der Waals surface area contributed by atoms with Crippen molar-refractivity contribution >= 4 is 59.6 Å². The van der Waals surface area contributed by atoms with Gasteiger partial charge in [0, 0.05) is 21.3 Å². The molecule has 0 fully saturated rings. The van der Waals surface area contributed by atoms with Gasteiger partial charge in [-0.25, -0.2) is 0 Å². The quantitative estimate of drug-likeness (QED) is 0.576. The van der Waals surface area contributed by atoms with E-state index in [4.69, 9.17) is 0 Å². The molecule has 2 aromatic carbocycles. The Morgan fingerprint density at radius 3 is 1.56 bits per heavy atom. The van der Waals surface area contributed by atoms with Crippen molar-refractivity contribution < 1.29 is 0 Å². The Labute approximate surface area is 128 Å². The minimum absolute atomic E-state index is 0.912. The molecule has 4 heteroatoms. The first-order valence-corrected chi connectivity index (χ1v) is 9.09. The molecule has 0 amide bonds. The van der Waals surface area contributed by atoms with E-state index in [0.29, 0.717) is 0 Å². The number of benzene rings is 2. The van der Waals surface area contributed by atoms with E-state index in [2.05, 4.69) is 61.7 Å². The van der Waals surface area contributed by atoms with Gasteiger partial charge in [-0.2, -0.15) is 25.3 Å². The van der Waals surface area contributed by atoms with Crippen molar-refractivity contribution in [3.05, 3.63) is 36.4 Å². The molecule has 2 aromatic rings. The van der Waals surface area contributed by atoms with Crippen molar-refractivity contribution in [3.63, 3.8) is 0 Å². The summed E-state index contributed by atoms with van der Waals surface area (Å²) in [6, 6.07) is 13.1. The van der Waals surface area contributed by atoms with E-state index in [1.165, 1.54) is 20.6 Å². The minimum Gasteiger partial charge on any atom is -0.178 e. The molecule has 0 N–H and O–H groups in total. The summed E-state index contributed by atoms with van der Waals surface area (Å²) in [6.07, 6.45) is 0. The maximum absolute atomic E-state index is 4.28. The number of thiol groups is 2. The normalized spacial score (nSPS) is 11.0. The highest BCUT2D eigenvalue weighted by Gasteiger charge is 2.06. The molecule has 0 spiro atoms. The molecule has 0 bridgehead atoms. The van der Waals surface area contributed by atoms with Crippen LogP contribution in [-0.4, -0.2) is 23.0 Å². The van der Waals surface area contributed by atoms with E-state index in [0.717, 1.165) is 23.0 Å². The van der Waals surface area contributed by atoms with E-state index >= 15 is 0 Å². The predicted octanol–water partition coefficient (Wildman–Crippen LogP) is 4.88.